The van der Waals surface area contributed by atoms with Crippen LogP contribution in [-0.2, 0) is 6.42 Å². The highest BCUT2D eigenvalue weighted by molar-refractivity contribution is 9.10. The Hall–Kier alpha value is -2.64. The number of aliphatic hydroxyl groups is 1. The molecule has 0 aliphatic rings. The summed E-state index contributed by atoms with van der Waals surface area (Å²) in [4.78, 5) is 12.3. The number of aliphatic hydroxyl groups excluding tert-OH is 1. The van der Waals surface area contributed by atoms with E-state index in [0.717, 1.165) is 5.69 Å². The number of ether oxygens (including phenoxy) is 1. The van der Waals surface area contributed by atoms with Crippen LogP contribution in [0.2, 0.25) is 0 Å². The molecule has 3 aromatic rings. The molecule has 0 spiro atoms. The number of halogens is 1. The Morgan fingerprint density at radius 3 is 2.42 bits per heavy atom. The first kappa shape index (κ1) is 18.2. The van der Waals surface area contributed by atoms with E-state index in [1.165, 1.54) is 0 Å². The fourth-order valence-corrected chi connectivity index (χ4v) is 2.94. The lowest BCUT2D eigenvalue weighted by molar-refractivity contribution is 0.194. The number of aromatic nitrogens is 2. The van der Waals surface area contributed by atoms with Gasteiger partial charge in [0.2, 0.25) is 0 Å². The SMILES string of the molecule is CC(O)Cc1nn(-c2ccccc2)c(NC(=O)Oc2ccccc2)c1Br. The third-order valence-electron chi connectivity index (χ3n) is 3.56. The molecule has 7 heteroatoms. The molecule has 134 valence electrons. The molecule has 0 saturated heterocycles. The summed E-state index contributed by atoms with van der Waals surface area (Å²) in [5, 5.41) is 16.9. The molecule has 0 aliphatic heterocycles. The normalized spacial score (nSPS) is 11.8. The van der Waals surface area contributed by atoms with Gasteiger partial charge in [-0.3, -0.25) is 5.32 Å². The van der Waals surface area contributed by atoms with Crippen molar-refractivity contribution in [3.05, 3.63) is 70.8 Å². The third-order valence-corrected chi connectivity index (χ3v) is 4.39. The summed E-state index contributed by atoms with van der Waals surface area (Å²) in [7, 11) is 0. The van der Waals surface area contributed by atoms with E-state index < -0.39 is 12.2 Å². The van der Waals surface area contributed by atoms with E-state index in [2.05, 4.69) is 26.3 Å². The zero-order valence-electron chi connectivity index (χ0n) is 14.1. The van der Waals surface area contributed by atoms with Crippen LogP contribution in [0.5, 0.6) is 5.75 Å². The number of benzene rings is 2. The molecule has 6 nitrogen and oxygen atoms in total. The average molecular weight is 416 g/mol. The van der Waals surface area contributed by atoms with Gasteiger partial charge in [-0.25, -0.2) is 9.48 Å². The van der Waals surface area contributed by atoms with Gasteiger partial charge >= 0.3 is 6.09 Å². The highest BCUT2D eigenvalue weighted by Gasteiger charge is 2.20. The summed E-state index contributed by atoms with van der Waals surface area (Å²) in [5.41, 5.74) is 1.42. The zero-order valence-corrected chi connectivity index (χ0v) is 15.7. The van der Waals surface area contributed by atoms with Crippen molar-refractivity contribution in [1.29, 1.82) is 0 Å². The number of hydrogen-bond donors (Lipinski definition) is 2. The van der Waals surface area contributed by atoms with Gasteiger partial charge in [0.15, 0.2) is 5.82 Å². The van der Waals surface area contributed by atoms with E-state index in [1.807, 2.05) is 36.4 Å². The second-order valence-electron chi connectivity index (χ2n) is 5.74. The maximum atomic E-state index is 12.3. The first-order valence-electron chi connectivity index (χ1n) is 8.09. The summed E-state index contributed by atoms with van der Waals surface area (Å²) >= 11 is 3.48. The van der Waals surface area contributed by atoms with Crippen LogP contribution in [0.15, 0.2) is 65.1 Å². The number of nitrogens with one attached hydrogen (secondary N) is 1. The third kappa shape index (κ3) is 4.30. The lowest BCUT2D eigenvalue weighted by Gasteiger charge is -2.10. The number of hydrogen-bond acceptors (Lipinski definition) is 4. The Morgan fingerprint density at radius 2 is 1.81 bits per heavy atom. The Balaban J connectivity index is 1.91. The first-order chi connectivity index (χ1) is 12.5. The molecule has 0 saturated carbocycles. The molecule has 1 atom stereocenters. The standard InChI is InChI=1S/C19H18BrN3O3/c1-13(24)12-16-17(20)18(23(22-16)14-8-4-2-5-9-14)21-19(25)26-15-10-6-3-7-11-15/h2-11,13,24H,12H2,1H3,(H,21,25). The van der Waals surface area contributed by atoms with Gasteiger partial charge in [-0.05, 0) is 47.1 Å². The molecule has 1 aromatic heterocycles. The van der Waals surface area contributed by atoms with Gasteiger partial charge in [-0.15, -0.1) is 0 Å². The van der Waals surface area contributed by atoms with E-state index in [4.69, 9.17) is 4.74 Å². The predicted molar refractivity (Wildman–Crippen MR) is 103 cm³/mol. The van der Waals surface area contributed by atoms with Crippen molar-refractivity contribution in [3.8, 4) is 11.4 Å². The van der Waals surface area contributed by atoms with Crippen LogP contribution in [0, 0.1) is 0 Å². The van der Waals surface area contributed by atoms with Gasteiger partial charge in [0.05, 0.1) is 22.0 Å². The van der Waals surface area contributed by atoms with Gasteiger partial charge < -0.3 is 9.84 Å². The van der Waals surface area contributed by atoms with Crippen molar-refractivity contribution in [3.63, 3.8) is 0 Å². The quantitative estimate of drug-likeness (QED) is 0.655. The largest absolute Gasteiger partial charge is 0.418 e. The minimum atomic E-state index is -0.627. The van der Waals surface area contributed by atoms with Gasteiger partial charge in [0, 0.05) is 6.42 Å². The zero-order chi connectivity index (χ0) is 18.5. The lowest BCUT2D eigenvalue weighted by atomic mass is 10.2. The van der Waals surface area contributed by atoms with Crippen LogP contribution < -0.4 is 10.1 Å². The van der Waals surface area contributed by atoms with Crippen LogP contribution in [-0.4, -0.2) is 27.1 Å². The van der Waals surface area contributed by atoms with Gasteiger partial charge in [-0.2, -0.15) is 5.10 Å². The molecule has 3 rings (SSSR count). The number of anilines is 1. The number of amides is 1. The maximum absolute atomic E-state index is 12.3. The number of nitrogens with zero attached hydrogens (tertiary/aromatic N) is 2. The molecule has 1 amide bonds. The highest BCUT2D eigenvalue weighted by Crippen LogP contribution is 2.30. The van der Waals surface area contributed by atoms with E-state index in [0.29, 0.717) is 28.2 Å². The van der Waals surface area contributed by atoms with E-state index >= 15 is 0 Å². The van der Waals surface area contributed by atoms with Crippen LogP contribution in [0.3, 0.4) is 0 Å². The van der Waals surface area contributed by atoms with E-state index in [9.17, 15) is 9.90 Å². The van der Waals surface area contributed by atoms with Crippen LogP contribution in [0.4, 0.5) is 10.6 Å². The molecular weight excluding hydrogens is 398 g/mol. The van der Waals surface area contributed by atoms with Crippen molar-refractivity contribution >= 4 is 27.8 Å². The summed E-state index contributed by atoms with van der Waals surface area (Å²) in [5.74, 6) is 0.879. The summed E-state index contributed by atoms with van der Waals surface area (Å²) in [6.45, 7) is 1.69. The second kappa shape index (κ2) is 8.16. The first-order valence-corrected chi connectivity index (χ1v) is 8.88. The van der Waals surface area contributed by atoms with Crippen LogP contribution in [0.1, 0.15) is 12.6 Å². The molecule has 0 radical (unpaired) electrons. The summed E-state index contributed by atoms with van der Waals surface area (Å²) in [6.07, 6.45) is -0.838. The number of para-hydroxylation sites is 2. The number of rotatable bonds is 5. The van der Waals surface area contributed by atoms with E-state index in [-0.39, 0.29) is 0 Å². The Morgan fingerprint density at radius 1 is 1.19 bits per heavy atom. The van der Waals surface area contributed by atoms with Crippen LogP contribution >= 0.6 is 15.9 Å². The van der Waals surface area contributed by atoms with E-state index in [1.54, 1.807) is 35.9 Å². The molecule has 2 N–H and O–H groups in total. The molecule has 0 bridgehead atoms. The lowest BCUT2D eigenvalue weighted by Crippen LogP contribution is -2.19. The Kier molecular flexibility index (Phi) is 5.70. The topological polar surface area (TPSA) is 76.4 Å². The molecule has 0 aliphatic carbocycles. The smallest absolute Gasteiger partial charge is 0.410 e. The molecular formula is C19H18BrN3O3. The van der Waals surface area contributed by atoms with Crippen molar-refractivity contribution in [2.75, 3.05) is 5.32 Å². The number of carbonyl (C=O) groups excluding carboxylic acids is 1. The van der Waals surface area contributed by atoms with Gasteiger partial charge in [0.25, 0.3) is 0 Å². The van der Waals surface area contributed by atoms with Crippen LogP contribution in [0.25, 0.3) is 5.69 Å². The van der Waals surface area contributed by atoms with Gasteiger partial charge in [0.1, 0.15) is 5.75 Å². The maximum Gasteiger partial charge on any atom is 0.418 e. The average Bonchev–Trinajstić information content (AvgIpc) is 2.92. The summed E-state index contributed by atoms with van der Waals surface area (Å²) < 4.78 is 7.50. The summed E-state index contributed by atoms with van der Waals surface area (Å²) in [6, 6.07) is 18.2. The molecule has 2 aromatic carbocycles. The fraction of sp³-hybridized carbons (Fsp3) is 0.158. The Bertz CT molecular complexity index is 880. The van der Waals surface area contributed by atoms with Crippen molar-refractivity contribution in [1.82, 2.24) is 9.78 Å². The van der Waals surface area contributed by atoms with Crippen molar-refractivity contribution in [2.45, 2.75) is 19.4 Å². The molecule has 26 heavy (non-hydrogen) atoms. The number of carbonyl (C=O) groups is 1. The predicted octanol–water partition coefficient (Wildman–Crippen LogP) is 4.17. The van der Waals surface area contributed by atoms with Crippen molar-refractivity contribution in [2.24, 2.45) is 0 Å². The molecule has 1 heterocycles. The fourth-order valence-electron chi connectivity index (χ4n) is 2.44. The monoisotopic (exact) mass is 415 g/mol. The minimum absolute atomic E-state index is 0.350. The molecule has 1 unspecified atom stereocenters. The minimum Gasteiger partial charge on any atom is -0.410 e. The molecule has 0 fully saturated rings. The second-order valence-corrected chi connectivity index (χ2v) is 6.53. The Labute approximate surface area is 159 Å². The highest BCUT2D eigenvalue weighted by atomic mass is 79.9. The van der Waals surface area contributed by atoms with Crippen molar-refractivity contribution < 1.29 is 14.6 Å². The van der Waals surface area contributed by atoms with Gasteiger partial charge in [-0.1, -0.05) is 36.4 Å².